The highest BCUT2D eigenvalue weighted by atomic mass is 16.6. The molecular formula is C23H34N8O6. The van der Waals surface area contributed by atoms with Gasteiger partial charge in [-0.15, -0.1) is 0 Å². The number of nitrogens with zero attached hydrogens (tertiary/aromatic N) is 3. The molecule has 5 heterocycles. The zero-order chi connectivity index (χ0) is 26.1. The summed E-state index contributed by atoms with van der Waals surface area (Å²) in [5.41, 5.74) is -1.83. The Bertz CT molecular complexity index is 1030. The van der Waals surface area contributed by atoms with E-state index in [1.54, 1.807) is 4.90 Å². The van der Waals surface area contributed by atoms with Gasteiger partial charge in [0.25, 0.3) is 0 Å². The summed E-state index contributed by atoms with van der Waals surface area (Å²) in [6, 6.07) is -1.66. The number of rotatable bonds is 3. The molecule has 6 aliphatic rings. The van der Waals surface area contributed by atoms with Gasteiger partial charge in [-0.1, -0.05) is 12.8 Å². The van der Waals surface area contributed by atoms with Crippen LogP contribution in [0.4, 0.5) is 4.79 Å². The average Bonchev–Trinajstić information content (AvgIpc) is 3.46. The van der Waals surface area contributed by atoms with Crippen molar-refractivity contribution in [3.63, 3.8) is 0 Å². The summed E-state index contributed by atoms with van der Waals surface area (Å²) in [5.74, 6) is -3.35. The van der Waals surface area contributed by atoms with E-state index in [2.05, 4.69) is 16.0 Å². The summed E-state index contributed by atoms with van der Waals surface area (Å²) in [7, 11) is 0. The number of imide groups is 1. The normalized spacial score (nSPS) is 38.4. The van der Waals surface area contributed by atoms with Crippen molar-refractivity contribution in [2.24, 2.45) is 5.92 Å². The second kappa shape index (κ2) is 8.45. The fourth-order valence-corrected chi connectivity index (χ4v) is 7.33. The van der Waals surface area contributed by atoms with Crippen LogP contribution >= 0.6 is 0 Å². The largest absolute Gasteiger partial charge is 0.438 e. The standard InChI is InChI=1S/C23H34N8O6/c24-19-27-18-13(10-30-16(32)7-8-17(30)33)26-20(25)31-11-15(23(35,36)22(18,31)28-19)37-21(34)29-9-3-5-12-4-1-2-6-14(12)29/h12-15,18,35-36H,1-11H2,(H2,25,26)(H3,24,27,28)/t12-,13+,14+,15+,18+,22+/m1/s1. The van der Waals surface area contributed by atoms with Crippen molar-refractivity contribution in [2.45, 2.75) is 87.0 Å². The highest BCUT2D eigenvalue weighted by Gasteiger charge is 2.75. The van der Waals surface area contributed by atoms with Crippen LogP contribution in [0.3, 0.4) is 0 Å². The molecule has 1 saturated carbocycles. The fourth-order valence-electron chi connectivity index (χ4n) is 7.33. The molecule has 14 heteroatoms. The predicted molar refractivity (Wildman–Crippen MR) is 127 cm³/mol. The van der Waals surface area contributed by atoms with Gasteiger partial charge in [-0.05, 0) is 31.6 Å². The van der Waals surface area contributed by atoms with Crippen LogP contribution in [0, 0.1) is 16.7 Å². The van der Waals surface area contributed by atoms with Crippen molar-refractivity contribution < 1.29 is 29.3 Å². The van der Waals surface area contributed by atoms with Gasteiger partial charge in [0.2, 0.25) is 17.6 Å². The molecule has 6 fully saturated rings. The molecule has 1 aliphatic carbocycles. The van der Waals surface area contributed by atoms with E-state index >= 15 is 0 Å². The molecule has 202 valence electrons. The Labute approximate surface area is 213 Å². The molecule has 6 rings (SSSR count). The summed E-state index contributed by atoms with van der Waals surface area (Å²) in [6.45, 7) is 0.245. The second-order valence-electron chi connectivity index (χ2n) is 11.0. The van der Waals surface area contributed by atoms with Crippen LogP contribution in [0.2, 0.25) is 0 Å². The lowest BCUT2D eigenvalue weighted by Crippen LogP contribution is -2.81. The minimum absolute atomic E-state index is 0.0796. The minimum atomic E-state index is -2.70. The summed E-state index contributed by atoms with van der Waals surface area (Å²) >= 11 is 0. The van der Waals surface area contributed by atoms with E-state index < -0.39 is 35.7 Å². The number of ether oxygens (including phenoxy) is 1. The maximum absolute atomic E-state index is 13.3. The number of hydrogen-bond donors (Lipinski definition) is 7. The van der Waals surface area contributed by atoms with Crippen molar-refractivity contribution in [1.82, 2.24) is 30.7 Å². The summed E-state index contributed by atoms with van der Waals surface area (Å²) in [6.07, 6.45) is 4.30. The van der Waals surface area contributed by atoms with Crippen molar-refractivity contribution in [1.29, 1.82) is 10.8 Å². The number of likely N-dealkylation sites (tertiary alicyclic amines) is 2. The van der Waals surface area contributed by atoms with E-state index in [1.165, 1.54) is 4.90 Å². The Morgan fingerprint density at radius 1 is 1.05 bits per heavy atom. The van der Waals surface area contributed by atoms with Gasteiger partial charge < -0.3 is 40.7 Å². The number of fused-ring (bicyclic) bond motifs is 1. The predicted octanol–water partition coefficient (Wildman–Crippen LogP) is -1.61. The van der Waals surface area contributed by atoms with Crippen molar-refractivity contribution in [3.05, 3.63) is 0 Å². The smallest absolute Gasteiger partial charge is 0.410 e. The van der Waals surface area contributed by atoms with E-state index in [9.17, 15) is 24.6 Å². The highest BCUT2D eigenvalue weighted by Crippen LogP contribution is 2.45. The first kappa shape index (κ1) is 24.2. The molecule has 7 N–H and O–H groups in total. The van der Waals surface area contributed by atoms with Crippen molar-refractivity contribution in [2.75, 3.05) is 19.6 Å². The third kappa shape index (κ3) is 3.48. The average molecular weight is 519 g/mol. The van der Waals surface area contributed by atoms with Gasteiger partial charge in [0.05, 0.1) is 25.2 Å². The third-order valence-corrected chi connectivity index (χ3v) is 9.10. The van der Waals surface area contributed by atoms with E-state index in [0.717, 1.165) is 43.4 Å². The Balaban J connectivity index is 1.26. The lowest BCUT2D eigenvalue weighted by Gasteiger charge is -2.51. The van der Waals surface area contributed by atoms with Gasteiger partial charge >= 0.3 is 6.09 Å². The first-order valence-corrected chi connectivity index (χ1v) is 13.1. The molecule has 0 aromatic rings. The molecule has 0 radical (unpaired) electrons. The van der Waals surface area contributed by atoms with Crippen molar-refractivity contribution >= 4 is 29.8 Å². The monoisotopic (exact) mass is 518 g/mol. The Morgan fingerprint density at radius 3 is 2.51 bits per heavy atom. The molecular weight excluding hydrogens is 484 g/mol. The second-order valence-corrected chi connectivity index (χ2v) is 11.0. The van der Waals surface area contributed by atoms with Gasteiger partial charge in [-0.25, -0.2) is 4.79 Å². The van der Waals surface area contributed by atoms with Gasteiger partial charge in [0, 0.05) is 25.4 Å². The van der Waals surface area contributed by atoms with E-state index in [0.29, 0.717) is 12.5 Å². The SMILES string of the molecule is N=C1N[C@H]2[C@H](CN3C(=O)CCC3=O)NC(=N)N3C[C@H](OC(=O)N4CCC[C@H]5CCCC[C@@H]54)C(O)(O)[C@]23N1. The third-order valence-electron chi connectivity index (χ3n) is 9.10. The number of aliphatic hydroxyl groups is 2. The lowest BCUT2D eigenvalue weighted by molar-refractivity contribution is -0.259. The summed E-state index contributed by atoms with van der Waals surface area (Å²) in [4.78, 5) is 42.0. The van der Waals surface area contributed by atoms with Crippen LogP contribution in [0.15, 0.2) is 0 Å². The van der Waals surface area contributed by atoms with Gasteiger partial charge in [0.15, 0.2) is 23.7 Å². The molecule has 0 aromatic carbocycles. The maximum atomic E-state index is 13.3. The van der Waals surface area contributed by atoms with Crippen molar-refractivity contribution in [3.8, 4) is 0 Å². The van der Waals surface area contributed by atoms with E-state index in [1.807, 2.05) is 0 Å². The summed E-state index contributed by atoms with van der Waals surface area (Å²) < 4.78 is 5.76. The Morgan fingerprint density at radius 2 is 1.76 bits per heavy atom. The van der Waals surface area contributed by atoms with Crippen LogP contribution in [-0.4, -0.2) is 110 Å². The highest BCUT2D eigenvalue weighted by molar-refractivity contribution is 6.02. The van der Waals surface area contributed by atoms with Gasteiger partial charge in [-0.2, -0.15) is 0 Å². The topological polar surface area (TPSA) is 194 Å². The molecule has 5 saturated heterocycles. The van der Waals surface area contributed by atoms with Gasteiger partial charge in [-0.3, -0.25) is 25.3 Å². The maximum Gasteiger partial charge on any atom is 0.410 e. The van der Waals surface area contributed by atoms with Gasteiger partial charge in [0.1, 0.15) is 0 Å². The summed E-state index contributed by atoms with van der Waals surface area (Å²) in [5, 5.41) is 48.5. The van der Waals surface area contributed by atoms with Crippen LogP contribution in [-0.2, 0) is 14.3 Å². The molecule has 6 atom stereocenters. The van der Waals surface area contributed by atoms with Crippen LogP contribution < -0.4 is 16.0 Å². The zero-order valence-electron chi connectivity index (χ0n) is 20.5. The Hall–Kier alpha value is -3.13. The molecule has 0 unspecified atom stereocenters. The first-order chi connectivity index (χ1) is 17.6. The van der Waals surface area contributed by atoms with Crippen LogP contribution in [0.5, 0.6) is 0 Å². The molecule has 0 aromatic heterocycles. The number of nitrogens with one attached hydrogen (secondary N) is 5. The lowest BCUT2D eigenvalue weighted by atomic mass is 9.78. The van der Waals surface area contributed by atoms with Crippen LogP contribution in [0.1, 0.15) is 51.4 Å². The zero-order valence-corrected chi connectivity index (χ0v) is 20.5. The fraction of sp³-hybridized carbons (Fsp3) is 0.783. The number of amides is 3. The van der Waals surface area contributed by atoms with Crippen LogP contribution in [0.25, 0.3) is 0 Å². The quantitative estimate of drug-likeness (QED) is 0.169. The molecule has 1 spiro atoms. The molecule has 0 bridgehead atoms. The minimum Gasteiger partial charge on any atom is -0.438 e. The number of carbonyl (C=O) groups is 3. The van der Waals surface area contributed by atoms with E-state index in [4.69, 9.17) is 15.6 Å². The molecule has 3 amide bonds. The Kier molecular flexibility index (Phi) is 5.53. The molecule has 37 heavy (non-hydrogen) atoms. The number of piperidine rings is 1. The van der Waals surface area contributed by atoms with E-state index in [-0.39, 0.29) is 55.7 Å². The molecule has 14 nitrogen and oxygen atoms in total. The molecule has 5 aliphatic heterocycles. The first-order valence-electron chi connectivity index (χ1n) is 13.1. The number of guanidine groups is 2. The number of carbonyl (C=O) groups excluding carboxylic acids is 3. The number of hydrogen-bond acceptors (Lipinski definition) is 8.